The zero-order valence-electron chi connectivity index (χ0n) is 25.1. The number of hydrogen-bond acceptors (Lipinski definition) is 5. The fourth-order valence-corrected chi connectivity index (χ4v) is 8.70. The summed E-state index contributed by atoms with van der Waals surface area (Å²) in [5.74, 6) is -7.04. The van der Waals surface area contributed by atoms with Gasteiger partial charge in [-0.1, -0.05) is 48.9 Å². The molecule has 0 amide bonds. The number of esters is 1. The first kappa shape index (κ1) is 31.5. The highest BCUT2D eigenvalue weighted by Crippen LogP contribution is 2.70. The average molecular weight is 630 g/mol. The highest BCUT2D eigenvalue weighted by atomic mass is 19.4. The van der Waals surface area contributed by atoms with Crippen molar-refractivity contribution in [3.63, 3.8) is 0 Å². The van der Waals surface area contributed by atoms with Crippen LogP contribution < -0.4 is 5.32 Å². The van der Waals surface area contributed by atoms with Gasteiger partial charge in [0.15, 0.2) is 5.78 Å². The number of ether oxygens (including phenoxy) is 1. The van der Waals surface area contributed by atoms with Crippen molar-refractivity contribution in [2.45, 2.75) is 82.0 Å². The van der Waals surface area contributed by atoms with Gasteiger partial charge in [0.2, 0.25) is 0 Å². The van der Waals surface area contributed by atoms with Gasteiger partial charge in [0.25, 0.3) is 0 Å². The van der Waals surface area contributed by atoms with Crippen molar-refractivity contribution in [1.29, 1.82) is 0 Å². The summed E-state index contributed by atoms with van der Waals surface area (Å²) in [5.41, 5.74) is 0.652. The number of carbonyl (C=O) groups is 2. The van der Waals surface area contributed by atoms with Crippen molar-refractivity contribution in [1.82, 2.24) is 0 Å². The molecule has 0 saturated heterocycles. The third kappa shape index (κ3) is 4.91. The molecule has 2 saturated carbocycles. The maximum atomic E-state index is 15.2. The van der Waals surface area contributed by atoms with Crippen molar-refractivity contribution < 1.29 is 41.4 Å². The monoisotopic (exact) mass is 629 g/mol. The number of alkyl halides is 5. The third-order valence-electron chi connectivity index (χ3n) is 11.0. The Labute approximate surface area is 258 Å². The van der Waals surface area contributed by atoms with Crippen molar-refractivity contribution >= 4 is 17.4 Å². The number of halogens is 5. The Hall–Kier alpha value is -3.53. The van der Waals surface area contributed by atoms with Crippen molar-refractivity contribution in [3.05, 3.63) is 88.0 Å². The van der Waals surface area contributed by atoms with Crippen LogP contribution in [0.15, 0.2) is 71.3 Å². The lowest BCUT2D eigenvalue weighted by Gasteiger charge is -2.56. The van der Waals surface area contributed by atoms with Gasteiger partial charge in [-0.15, -0.1) is 0 Å². The minimum absolute atomic E-state index is 0.0377. The van der Waals surface area contributed by atoms with Gasteiger partial charge in [0.1, 0.15) is 5.60 Å². The molecule has 3 unspecified atom stereocenters. The minimum atomic E-state index is -5.89. The van der Waals surface area contributed by atoms with Crippen LogP contribution in [0.25, 0.3) is 0 Å². The van der Waals surface area contributed by atoms with E-state index >= 15 is 8.78 Å². The maximum Gasteiger partial charge on any atom is 0.456 e. The van der Waals surface area contributed by atoms with Crippen LogP contribution >= 0.6 is 0 Å². The van der Waals surface area contributed by atoms with Crippen LogP contribution in [0.5, 0.6) is 0 Å². The number of allylic oxidation sites excluding steroid dienone is 4. The van der Waals surface area contributed by atoms with Crippen LogP contribution in [-0.2, 0) is 16.1 Å². The Morgan fingerprint density at radius 3 is 2.42 bits per heavy atom. The fraction of sp³-hybridized carbons (Fsp3) is 0.486. The Balaban J connectivity index is 1.37. The molecule has 45 heavy (non-hydrogen) atoms. The molecule has 0 bridgehead atoms. The largest absolute Gasteiger partial charge is 0.465 e. The van der Waals surface area contributed by atoms with Gasteiger partial charge in [-0.25, -0.2) is 4.79 Å². The quantitative estimate of drug-likeness (QED) is 0.251. The molecular formula is C35H36F5NO4. The Morgan fingerprint density at radius 1 is 1.02 bits per heavy atom. The Bertz CT molecular complexity index is 1580. The third-order valence-corrected chi connectivity index (χ3v) is 11.0. The van der Waals surface area contributed by atoms with E-state index in [1.165, 1.54) is 14.0 Å². The summed E-state index contributed by atoms with van der Waals surface area (Å²) in [6.45, 7) is 1.79. The van der Waals surface area contributed by atoms with Crippen molar-refractivity contribution in [2.24, 2.45) is 17.3 Å². The van der Waals surface area contributed by atoms with E-state index in [-0.39, 0.29) is 24.5 Å². The molecular weight excluding hydrogens is 593 g/mol. The van der Waals surface area contributed by atoms with Crippen molar-refractivity contribution in [3.8, 4) is 0 Å². The second kappa shape index (κ2) is 11.1. The van der Waals surface area contributed by atoms with E-state index in [1.807, 2.05) is 24.3 Å². The summed E-state index contributed by atoms with van der Waals surface area (Å²) in [7, 11) is 1.31. The predicted molar refractivity (Wildman–Crippen MR) is 158 cm³/mol. The zero-order chi connectivity index (χ0) is 32.4. The number of ketones is 1. The standard InChI is InChI=1S/C35H36F5NO4/c1-32-18-27(21-9-7-20(8-10-21)19-41-29-6-4-3-5-26(29)31(43)45-2)30-24-14-12-23(42)17-22(24)11-13-25(30)28(32)15-16-33(32,44)34(36,37)35(38,39)40/h3-10,17,25,27-28,41,44H,11-16,18-19H2,1-2H3/t25?,27-,28?,32?,33+/m1/s1. The molecule has 0 aromatic heterocycles. The lowest BCUT2D eigenvalue weighted by atomic mass is 9.50. The molecule has 5 atom stereocenters. The number of nitrogens with one attached hydrogen (secondary N) is 1. The van der Waals surface area contributed by atoms with E-state index < -0.39 is 47.3 Å². The van der Waals surface area contributed by atoms with Gasteiger partial charge in [0.05, 0.1) is 12.7 Å². The SMILES string of the molecule is COC(=O)c1ccccc1NCc1ccc([C@H]2CC3(C)C(CC[C@@]3(O)C(F)(F)C(F)(F)F)C3CCC4=CC(=O)CCC4=C32)cc1. The number of hydrogen-bond donors (Lipinski definition) is 2. The molecule has 4 aliphatic carbocycles. The zero-order valence-corrected chi connectivity index (χ0v) is 25.1. The Morgan fingerprint density at radius 2 is 1.73 bits per heavy atom. The van der Waals surface area contributed by atoms with Crippen LogP contribution in [0.4, 0.5) is 27.6 Å². The van der Waals surface area contributed by atoms with Gasteiger partial charge in [0, 0.05) is 30.0 Å². The lowest BCUT2D eigenvalue weighted by molar-refractivity contribution is -0.362. The molecule has 0 spiro atoms. The highest BCUT2D eigenvalue weighted by molar-refractivity contribution is 5.95. The van der Waals surface area contributed by atoms with Crippen LogP contribution in [0, 0.1) is 17.3 Å². The number of rotatable bonds is 6. The summed E-state index contributed by atoms with van der Waals surface area (Å²) in [5, 5.41) is 14.7. The van der Waals surface area contributed by atoms with Gasteiger partial charge < -0.3 is 15.2 Å². The van der Waals surface area contributed by atoms with E-state index in [2.05, 4.69) is 5.32 Å². The molecule has 0 heterocycles. The first-order valence-electron chi connectivity index (χ1n) is 15.4. The molecule has 6 rings (SSSR count). The van der Waals surface area contributed by atoms with E-state index in [0.717, 1.165) is 27.8 Å². The average Bonchev–Trinajstić information content (AvgIpc) is 3.30. The summed E-state index contributed by atoms with van der Waals surface area (Å²) < 4.78 is 76.7. The smallest absolute Gasteiger partial charge is 0.456 e. The molecule has 0 radical (unpaired) electrons. The van der Waals surface area contributed by atoms with Crippen molar-refractivity contribution in [2.75, 3.05) is 12.4 Å². The first-order valence-corrected chi connectivity index (χ1v) is 15.4. The van der Waals surface area contributed by atoms with Gasteiger partial charge in [-0.2, -0.15) is 22.0 Å². The molecule has 2 fully saturated rings. The van der Waals surface area contributed by atoms with E-state index in [1.54, 1.807) is 30.3 Å². The first-order chi connectivity index (χ1) is 21.2. The second-order valence-corrected chi connectivity index (χ2v) is 13.1. The topological polar surface area (TPSA) is 75.6 Å². The summed E-state index contributed by atoms with van der Waals surface area (Å²) >= 11 is 0. The van der Waals surface area contributed by atoms with E-state index in [4.69, 9.17) is 4.74 Å². The molecule has 10 heteroatoms. The predicted octanol–water partition coefficient (Wildman–Crippen LogP) is 7.91. The van der Waals surface area contributed by atoms with E-state index in [0.29, 0.717) is 43.5 Å². The molecule has 2 N–H and O–H groups in total. The van der Waals surface area contributed by atoms with Gasteiger partial charge >= 0.3 is 18.1 Å². The number of anilines is 1. The molecule has 2 aromatic carbocycles. The van der Waals surface area contributed by atoms with E-state index in [9.17, 15) is 27.9 Å². The second-order valence-electron chi connectivity index (χ2n) is 13.1. The number of carbonyl (C=O) groups excluding carboxylic acids is 2. The Kier molecular flexibility index (Phi) is 7.74. The number of methoxy groups -OCH3 is 1. The number of aliphatic hydroxyl groups is 1. The number of benzene rings is 2. The summed E-state index contributed by atoms with van der Waals surface area (Å²) in [6.07, 6.45) is -2.92. The van der Waals surface area contributed by atoms with Gasteiger partial charge in [-0.05, 0) is 90.8 Å². The molecule has 4 aliphatic rings. The van der Waals surface area contributed by atoms with Crippen LogP contribution in [0.3, 0.4) is 0 Å². The molecule has 240 valence electrons. The summed E-state index contributed by atoms with van der Waals surface area (Å²) in [4.78, 5) is 24.4. The number of para-hydroxylation sites is 1. The van der Waals surface area contributed by atoms with Crippen LogP contribution in [0.2, 0.25) is 0 Å². The molecule has 5 nitrogen and oxygen atoms in total. The normalized spacial score (nSPS) is 29.8. The minimum Gasteiger partial charge on any atom is -0.465 e. The molecule has 0 aliphatic heterocycles. The van der Waals surface area contributed by atoms with Crippen LogP contribution in [0.1, 0.15) is 79.3 Å². The fourth-order valence-electron chi connectivity index (χ4n) is 8.70. The maximum absolute atomic E-state index is 15.2. The highest BCUT2D eigenvalue weighted by Gasteiger charge is 2.79. The lowest BCUT2D eigenvalue weighted by Crippen LogP contribution is -2.65. The number of fused-ring (bicyclic) bond motifs is 4. The van der Waals surface area contributed by atoms with Gasteiger partial charge in [-0.3, -0.25) is 4.79 Å². The van der Waals surface area contributed by atoms with Crippen LogP contribution in [-0.4, -0.2) is 41.7 Å². The summed E-state index contributed by atoms with van der Waals surface area (Å²) in [6, 6.07) is 14.4. The molecule has 2 aromatic rings.